The lowest BCUT2D eigenvalue weighted by Crippen LogP contribution is -1.93. The highest BCUT2D eigenvalue weighted by molar-refractivity contribution is 5.12. The molecule has 0 aromatic heterocycles. The molecule has 1 aromatic rings. The maximum atomic E-state index is 8.54. The van der Waals surface area contributed by atoms with Crippen LogP contribution in [0.15, 0.2) is 30.3 Å². The van der Waals surface area contributed by atoms with Crippen LogP contribution in [0, 0.1) is 5.41 Å². The molecule has 74 valence electrons. The molecule has 0 atom stereocenters. The van der Waals surface area contributed by atoms with E-state index in [0.717, 1.165) is 5.56 Å². The van der Waals surface area contributed by atoms with Crippen molar-refractivity contribution in [3.8, 4) is 0 Å². The van der Waals surface area contributed by atoms with Crippen molar-refractivity contribution in [2.45, 2.75) is 34.3 Å². The Hall–Kier alpha value is -0.820. The fourth-order valence-electron chi connectivity index (χ4n) is 0.583. The van der Waals surface area contributed by atoms with Crippen molar-refractivity contribution in [3.05, 3.63) is 35.9 Å². The molecule has 0 aliphatic carbocycles. The molecule has 0 saturated carbocycles. The topological polar surface area (TPSA) is 20.2 Å². The van der Waals surface area contributed by atoms with Gasteiger partial charge in [-0.2, -0.15) is 0 Å². The fourth-order valence-corrected chi connectivity index (χ4v) is 0.583. The van der Waals surface area contributed by atoms with Gasteiger partial charge in [-0.3, -0.25) is 0 Å². The summed E-state index contributed by atoms with van der Waals surface area (Å²) in [6.45, 7) is 8.89. The molecule has 0 heterocycles. The molecule has 13 heavy (non-hydrogen) atoms. The molecule has 1 nitrogen and oxygen atoms in total. The van der Waals surface area contributed by atoms with Gasteiger partial charge in [-0.1, -0.05) is 58.0 Å². The monoisotopic (exact) mass is 180 g/mol. The lowest BCUT2D eigenvalue weighted by molar-refractivity contribution is 0.282. The highest BCUT2D eigenvalue weighted by atomic mass is 16.3. The maximum absolute atomic E-state index is 8.54. The Balaban J connectivity index is 0.000000252. The van der Waals surface area contributed by atoms with Crippen molar-refractivity contribution in [1.82, 2.24) is 0 Å². The second kappa shape index (κ2) is 5.76. The summed E-state index contributed by atoms with van der Waals surface area (Å²) in [5, 5.41) is 8.54. The second-order valence-electron chi connectivity index (χ2n) is 4.64. The van der Waals surface area contributed by atoms with E-state index in [2.05, 4.69) is 27.7 Å². The number of hydrogen-bond acceptors (Lipinski definition) is 1. The van der Waals surface area contributed by atoms with E-state index < -0.39 is 0 Å². The molecule has 1 rings (SSSR count). The first-order chi connectivity index (χ1) is 5.93. The Morgan fingerprint density at radius 1 is 1.00 bits per heavy atom. The van der Waals surface area contributed by atoms with Crippen molar-refractivity contribution >= 4 is 0 Å². The van der Waals surface area contributed by atoms with Gasteiger partial charge < -0.3 is 5.11 Å². The molecule has 1 heteroatoms. The normalized spacial score (nSPS) is 10.2. The van der Waals surface area contributed by atoms with Gasteiger partial charge in [0, 0.05) is 0 Å². The zero-order valence-electron chi connectivity index (χ0n) is 9.04. The molecule has 1 aromatic carbocycles. The predicted octanol–water partition coefficient (Wildman–Crippen LogP) is 3.23. The van der Waals surface area contributed by atoms with E-state index in [1.165, 1.54) is 0 Å². The van der Waals surface area contributed by atoms with Gasteiger partial charge in [0.25, 0.3) is 0 Å². The van der Waals surface area contributed by atoms with E-state index in [1.807, 2.05) is 30.3 Å². The van der Waals surface area contributed by atoms with Gasteiger partial charge in [0.05, 0.1) is 6.61 Å². The van der Waals surface area contributed by atoms with Crippen molar-refractivity contribution in [2.24, 2.45) is 5.41 Å². The Morgan fingerprint density at radius 3 is 1.62 bits per heavy atom. The zero-order chi connectivity index (χ0) is 10.3. The largest absolute Gasteiger partial charge is 0.392 e. The molecule has 0 aliphatic rings. The quantitative estimate of drug-likeness (QED) is 0.703. The van der Waals surface area contributed by atoms with E-state index in [-0.39, 0.29) is 6.61 Å². The molecule has 0 unspecified atom stereocenters. The molecule has 0 radical (unpaired) electrons. The Labute approximate surface area is 81.4 Å². The lowest BCUT2D eigenvalue weighted by Gasteiger charge is -2.05. The molecule has 0 fully saturated rings. The molecule has 0 aliphatic heterocycles. The van der Waals surface area contributed by atoms with Gasteiger partial charge in [0.15, 0.2) is 0 Å². The van der Waals surface area contributed by atoms with Crippen LogP contribution in [-0.2, 0) is 6.61 Å². The van der Waals surface area contributed by atoms with E-state index in [9.17, 15) is 0 Å². The van der Waals surface area contributed by atoms with Crippen molar-refractivity contribution in [3.63, 3.8) is 0 Å². The summed E-state index contributed by atoms with van der Waals surface area (Å²) in [5.41, 5.74) is 1.47. The van der Waals surface area contributed by atoms with E-state index in [1.54, 1.807) is 0 Å². The number of aliphatic hydroxyl groups is 1. The van der Waals surface area contributed by atoms with Gasteiger partial charge in [0.1, 0.15) is 0 Å². The van der Waals surface area contributed by atoms with E-state index >= 15 is 0 Å². The minimum atomic E-state index is 0.140. The van der Waals surface area contributed by atoms with Crippen LogP contribution >= 0.6 is 0 Å². The van der Waals surface area contributed by atoms with Crippen LogP contribution in [0.5, 0.6) is 0 Å². The first-order valence-corrected chi connectivity index (χ1v) is 4.58. The summed E-state index contributed by atoms with van der Waals surface area (Å²) in [6, 6.07) is 9.52. The Kier molecular flexibility index (Phi) is 5.40. The molecule has 0 spiro atoms. The van der Waals surface area contributed by atoms with Crippen molar-refractivity contribution in [1.29, 1.82) is 0 Å². The standard InChI is InChI=1S/C7H8O.C5H12/c8-6-7-4-2-1-3-5-7;1-5(2,3)4/h1-5,8H,6H2;1-4H3. The molecule has 0 saturated heterocycles. The number of rotatable bonds is 1. The van der Waals surface area contributed by atoms with Crippen LogP contribution in [0.1, 0.15) is 33.3 Å². The van der Waals surface area contributed by atoms with Crippen molar-refractivity contribution < 1.29 is 5.11 Å². The van der Waals surface area contributed by atoms with Crippen LogP contribution in [0.3, 0.4) is 0 Å². The number of benzene rings is 1. The lowest BCUT2D eigenvalue weighted by atomic mass is 10.0. The maximum Gasteiger partial charge on any atom is 0.0681 e. The summed E-state index contributed by atoms with van der Waals surface area (Å²) in [5.74, 6) is 0. The average Bonchev–Trinajstić information content (AvgIpc) is 2.03. The molecule has 0 bridgehead atoms. The van der Waals surface area contributed by atoms with Crippen LogP contribution in [0.4, 0.5) is 0 Å². The fraction of sp³-hybridized carbons (Fsp3) is 0.500. The van der Waals surface area contributed by atoms with Crippen molar-refractivity contribution in [2.75, 3.05) is 0 Å². The van der Waals surface area contributed by atoms with Gasteiger partial charge in [0.2, 0.25) is 0 Å². The predicted molar refractivity (Wildman–Crippen MR) is 57.5 cm³/mol. The van der Waals surface area contributed by atoms with Gasteiger partial charge >= 0.3 is 0 Å². The summed E-state index contributed by atoms with van der Waals surface area (Å²) < 4.78 is 0. The second-order valence-corrected chi connectivity index (χ2v) is 4.64. The van der Waals surface area contributed by atoms with Crippen LogP contribution in [-0.4, -0.2) is 5.11 Å². The highest BCUT2D eigenvalue weighted by Gasteiger charge is 1.95. The molecular formula is C12H20O. The molecule has 1 N–H and O–H groups in total. The third-order valence-electron chi connectivity index (χ3n) is 1.03. The first-order valence-electron chi connectivity index (χ1n) is 4.58. The highest BCUT2D eigenvalue weighted by Crippen LogP contribution is 2.08. The smallest absolute Gasteiger partial charge is 0.0681 e. The van der Waals surface area contributed by atoms with Gasteiger partial charge in [-0.05, 0) is 11.0 Å². The van der Waals surface area contributed by atoms with Gasteiger partial charge in [-0.15, -0.1) is 0 Å². The van der Waals surface area contributed by atoms with Crippen LogP contribution in [0.25, 0.3) is 0 Å². The Bertz CT molecular complexity index is 202. The van der Waals surface area contributed by atoms with Gasteiger partial charge in [-0.25, -0.2) is 0 Å². The number of hydrogen-bond donors (Lipinski definition) is 1. The van der Waals surface area contributed by atoms with Crippen LogP contribution < -0.4 is 0 Å². The average molecular weight is 180 g/mol. The van der Waals surface area contributed by atoms with E-state index in [4.69, 9.17) is 5.11 Å². The third-order valence-corrected chi connectivity index (χ3v) is 1.03. The number of aliphatic hydroxyl groups excluding tert-OH is 1. The Morgan fingerprint density at radius 2 is 1.38 bits per heavy atom. The molecular weight excluding hydrogens is 160 g/mol. The SMILES string of the molecule is CC(C)(C)C.OCc1ccccc1. The third kappa shape index (κ3) is 11.2. The summed E-state index contributed by atoms with van der Waals surface area (Å²) in [4.78, 5) is 0. The zero-order valence-corrected chi connectivity index (χ0v) is 9.04. The first kappa shape index (κ1) is 12.2. The summed E-state index contributed by atoms with van der Waals surface area (Å²) in [7, 11) is 0. The van der Waals surface area contributed by atoms with Crippen LogP contribution in [0.2, 0.25) is 0 Å². The molecule has 0 amide bonds. The summed E-state index contributed by atoms with van der Waals surface area (Å²) in [6.07, 6.45) is 0. The van der Waals surface area contributed by atoms with E-state index in [0.29, 0.717) is 5.41 Å². The summed E-state index contributed by atoms with van der Waals surface area (Å²) >= 11 is 0. The minimum absolute atomic E-state index is 0.140. The minimum Gasteiger partial charge on any atom is -0.392 e.